The smallest absolute Gasteiger partial charge is 0.272 e. The summed E-state index contributed by atoms with van der Waals surface area (Å²) in [6.45, 7) is 0.437. The molecule has 0 spiro atoms. The topological polar surface area (TPSA) is 51.0 Å². The molecule has 4 aromatic rings. The summed E-state index contributed by atoms with van der Waals surface area (Å²) in [7, 11) is 1.78. The highest BCUT2D eigenvalue weighted by Crippen LogP contribution is 2.25. The fourth-order valence-electron chi connectivity index (χ4n) is 3.09. The predicted octanol–water partition coefficient (Wildman–Crippen LogP) is 4.21. The van der Waals surface area contributed by atoms with Crippen molar-refractivity contribution in [1.29, 1.82) is 0 Å². The van der Waals surface area contributed by atoms with Crippen molar-refractivity contribution in [3.05, 3.63) is 103 Å². The van der Waals surface area contributed by atoms with Crippen molar-refractivity contribution < 1.29 is 4.79 Å². The van der Waals surface area contributed by atoms with E-state index in [1.165, 1.54) is 0 Å². The van der Waals surface area contributed by atoms with Gasteiger partial charge in [0, 0.05) is 37.1 Å². The van der Waals surface area contributed by atoms with E-state index < -0.39 is 0 Å². The quantitative estimate of drug-likeness (QED) is 0.530. The van der Waals surface area contributed by atoms with E-state index in [1.54, 1.807) is 30.3 Å². The van der Waals surface area contributed by atoms with Gasteiger partial charge in [-0.2, -0.15) is 5.10 Å². The zero-order valence-electron chi connectivity index (χ0n) is 15.6. The van der Waals surface area contributed by atoms with Crippen molar-refractivity contribution in [1.82, 2.24) is 19.7 Å². The highest BCUT2D eigenvalue weighted by atomic mass is 16.2. The van der Waals surface area contributed by atoms with Crippen LogP contribution in [0.3, 0.4) is 0 Å². The van der Waals surface area contributed by atoms with Crippen molar-refractivity contribution in [2.75, 3.05) is 7.05 Å². The molecule has 0 unspecified atom stereocenters. The Balaban J connectivity index is 1.69. The Morgan fingerprint density at radius 1 is 0.929 bits per heavy atom. The third-order valence-corrected chi connectivity index (χ3v) is 4.50. The summed E-state index contributed by atoms with van der Waals surface area (Å²) in [4.78, 5) is 18.5. The monoisotopic (exact) mass is 368 g/mol. The van der Waals surface area contributed by atoms with Crippen LogP contribution in [0.1, 0.15) is 16.1 Å². The molecular formula is C23H20N4O. The van der Waals surface area contributed by atoms with Crippen molar-refractivity contribution in [2.24, 2.45) is 0 Å². The van der Waals surface area contributed by atoms with Crippen molar-refractivity contribution in [2.45, 2.75) is 6.54 Å². The molecule has 0 aliphatic rings. The molecule has 5 nitrogen and oxygen atoms in total. The molecule has 5 heteroatoms. The normalized spacial score (nSPS) is 10.6. The number of pyridine rings is 1. The zero-order valence-corrected chi connectivity index (χ0v) is 15.6. The molecule has 0 atom stereocenters. The average molecular weight is 368 g/mol. The molecule has 4 rings (SSSR count). The molecule has 138 valence electrons. The van der Waals surface area contributed by atoms with Gasteiger partial charge in [-0.1, -0.05) is 54.6 Å². The zero-order chi connectivity index (χ0) is 19.3. The standard InChI is InChI=1S/C23H20N4O/c1-26(23(28)21-14-8-9-15-24-21)16-19-17-27(20-12-6-3-7-13-20)25-22(19)18-10-4-2-5-11-18/h2-15,17H,16H2,1H3. The first-order chi connectivity index (χ1) is 13.7. The largest absolute Gasteiger partial charge is 0.336 e. The second kappa shape index (κ2) is 7.88. The van der Waals surface area contributed by atoms with E-state index in [1.807, 2.05) is 77.6 Å². The molecule has 0 aliphatic carbocycles. The maximum absolute atomic E-state index is 12.7. The van der Waals surface area contributed by atoms with Crippen LogP contribution in [-0.4, -0.2) is 32.6 Å². The summed E-state index contributed by atoms with van der Waals surface area (Å²) in [5.74, 6) is -0.118. The number of nitrogens with zero attached hydrogens (tertiary/aromatic N) is 4. The molecule has 2 heterocycles. The average Bonchev–Trinajstić information content (AvgIpc) is 3.19. The van der Waals surface area contributed by atoms with Crippen molar-refractivity contribution in [3.8, 4) is 16.9 Å². The lowest BCUT2D eigenvalue weighted by Crippen LogP contribution is -2.27. The third kappa shape index (κ3) is 3.69. The molecule has 0 fully saturated rings. The van der Waals surface area contributed by atoms with Crippen LogP contribution in [0, 0.1) is 0 Å². The second-order valence-electron chi connectivity index (χ2n) is 6.53. The van der Waals surface area contributed by atoms with E-state index in [2.05, 4.69) is 4.98 Å². The molecule has 2 aromatic heterocycles. The van der Waals surface area contributed by atoms with Crippen molar-refractivity contribution >= 4 is 5.91 Å². The van der Waals surface area contributed by atoms with Gasteiger partial charge in [-0.05, 0) is 24.3 Å². The Labute approximate surface area is 163 Å². The summed E-state index contributed by atoms with van der Waals surface area (Å²) < 4.78 is 1.86. The number of rotatable bonds is 5. The van der Waals surface area contributed by atoms with Crippen LogP contribution >= 0.6 is 0 Å². The Morgan fingerprint density at radius 3 is 2.29 bits per heavy atom. The van der Waals surface area contributed by atoms with Crippen LogP contribution in [0.5, 0.6) is 0 Å². The molecule has 0 saturated carbocycles. The Kier molecular flexibility index (Phi) is 4.97. The van der Waals surface area contributed by atoms with E-state index in [9.17, 15) is 4.79 Å². The van der Waals surface area contributed by atoms with Gasteiger partial charge in [0.15, 0.2) is 0 Å². The lowest BCUT2D eigenvalue weighted by atomic mass is 10.1. The van der Waals surface area contributed by atoms with E-state index in [-0.39, 0.29) is 5.91 Å². The number of para-hydroxylation sites is 1. The molecule has 0 N–H and O–H groups in total. The van der Waals surface area contributed by atoms with Crippen LogP contribution in [0.4, 0.5) is 0 Å². The Bertz CT molecular complexity index is 1060. The first kappa shape index (κ1) is 17.7. The summed E-state index contributed by atoms with van der Waals surface area (Å²) in [5.41, 5.74) is 4.27. The summed E-state index contributed by atoms with van der Waals surface area (Å²) in [5, 5.41) is 4.80. The molecule has 0 radical (unpaired) electrons. The van der Waals surface area contributed by atoms with Crippen LogP contribution < -0.4 is 0 Å². The van der Waals surface area contributed by atoms with Gasteiger partial charge in [0.25, 0.3) is 5.91 Å². The number of amides is 1. The fourth-order valence-corrected chi connectivity index (χ4v) is 3.09. The SMILES string of the molecule is CN(Cc1cn(-c2ccccc2)nc1-c1ccccc1)C(=O)c1ccccn1. The van der Waals surface area contributed by atoms with Gasteiger partial charge in [0.05, 0.1) is 11.4 Å². The maximum atomic E-state index is 12.7. The maximum Gasteiger partial charge on any atom is 0.272 e. The predicted molar refractivity (Wildman–Crippen MR) is 109 cm³/mol. The summed E-state index contributed by atoms with van der Waals surface area (Å²) in [6, 6.07) is 25.3. The van der Waals surface area contributed by atoms with Crippen LogP contribution in [0.15, 0.2) is 91.3 Å². The van der Waals surface area contributed by atoms with Crippen LogP contribution in [0.25, 0.3) is 16.9 Å². The molecule has 0 saturated heterocycles. The first-order valence-corrected chi connectivity index (χ1v) is 9.08. The molecule has 2 aromatic carbocycles. The number of aromatic nitrogens is 3. The van der Waals surface area contributed by atoms with E-state index in [0.29, 0.717) is 12.2 Å². The third-order valence-electron chi connectivity index (χ3n) is 4.50. The van der Waals surface area contributed by atoms with Gasteiger partial charge in [-0.25, -0.2) is 4.68 Å². The fraction of sp³-hybridized carbons (Fsp3) is 0.0870. The molecular weight excluding hydrogens is 348 g/mol. The van der Waals surface area contributed by atoms with E-state index in [4.69, 9.17) is 5.10 Å². The van der Waals surface area contributed by atoms with E-state index in [0.717, 1.165) is 22.5 Å². The number of carbonyl (C=O) groups is 1. The first-order valence-electron chi connectivity index (χ1n) is 9.08. The lowest BCUT2D eigenvalue weighted by molar-refractivity contribution is 0.0779. The Hall–Kier alpha value is -3.73. The highest BCUT2D eigenvalue weighted by Gasteiger charge is 2.18. The molecule has 1 amide bonds. The van der Waals surface area contributed by atoms with Gasteiger partial charge in [0.2, 0.25) is 0 Å². The summed E-state index contributed by atoms with van der Waals surface area (Å²) >= 11 is 0. The van der Waals surface area contributed by atoms with Crippen LogP contribution in [-0.2, 0) is 6.54 Å². The minimum Gasteiger partial charge on any atom is -0.336 e. The van der Waals surface area contributed by atoms with Gasteiger partial charge in [0.1, 0.15) is 5.69 Å². The number of benzene rings is 2. The number of hydrogen-bond donors (Lipinski definition) is 0. The van der Waals surface area contributed by atoms with Gasteiger partial charge in [-0.3, -0.25) is 9.78 Å². The molecule has 28 heavy (non-hydrogen) atoms. The lowest BCUT2D eigenvalue weighted by Gasteiger charge is -2.16. The highest BCUT2D eigenvalue weighted by molar-refractivity contribution is 5.92. The minimum absolute atomic E-state index is 0.118. The number of carbonyl (C=O) groups excluding carboxylic acids is 1. The van der Waals surface area contributed by atoms with Gasteiger partial charge in [-0.15, -0.1) is 0 Å². The molecule has 0 aliphatic heterocycles. The second-order valence-corrected chi connectivity index (χ2v) is 6.53. The van der Waals surface area contributed by atoms with Crippen molar-refractivity contribution in [3.63, 3.8) is 0 Å². The van der Waals surface area contributed by atoms with E-state index >= 15 is 0 Å². The summed E-state index contributed by atoms with van der Waals surface area (Å²) in [6.07, 6.45) is 3.61. The molecule has 0 bridgehead atoms. The minimum atomic E-state index is -0.118. The van der Waals surface area contributed by atoms with Gasteiger partial charge < -0.3 is 4.90 Å². The van der Waals surface area contributed by atoms with Gasteiger partial charge >= 0.3 is 0 Å². The number of hydrogen-bond acceptors (Lipinski definition) is 3. The van der Waals surface area contributed by atoms with Crippen LogP contribution in [0.2, 0.25) is 0 Å². The Morgan fingerprint density at radius 2 is 1.61 bits per heavy atom.